The normalized spacial score (nSPS) is 6.00. The Morgan fingerprint density at radius 1 is 1.17 bits per heavy atom. The van der Waals surface area contributed by atoms with E-state index < -0.39 is 0 Å². The van der Waals surface area contributed by atoms with Gasteiger partial charge in [0.05, 0.1) is 0 Å². The first-order valence-corrected chi connectivity index (χ1v) is 5.66. The average Bonchev–Trinajstić information content (AvgIpc) is 1.39. The van der Waals surface area contributed by atoms with Gasteiger partial charge in [0.2, 0.25) is 0 Å². The van der Waals surface area contributed by atoms with Gasteiger partial charge in [0.15, 0.2) is 0 Å². The molecular weight excluding hydrogens is 88.1 g/mol. The van der Waals surface area contributed by atoms with Crippen molar-refractivity contribution >= 4 is 9.52 Å². The molecule has 0 bridgehead atoms. The van der Waals surface area contributed by atoms with Gasteiger partial charge >= 0.3 is 0 Å². The third kappa shape index (κ3) is 928. The molecule has 0 aliphatic carbocycles. The standard InChI is InChI=1S/C3H8.C2H8Si/c2*1-3-2/h2*3H2,1-2H3. The molecule has 0 saturated carbocycles. The summed E-state index contributed by atoms with van der Waals surface area (Å²) in [6, 6.07) is 0. The van der Waals surface area contributed by atoms with Crippen molar-refractivity contribution in [3.8, 4) is 0 Å². The van der Waals surface area contributed by atoms with Gasteiger partial charge in [-0.05, 0) is 0 Å². The fourth-order valence-corrected chi connectivity index (χ4v) is 0. The molecule has 0 aromatic carbocycles. The molecule has 0 spiro atoms. The lowest BCUT2D eigenvalue weighted by Gasteiger charge is -1.48. The Bertz CT molecular complexity index is 5.90. The van der Waals surface area contributed by atoms with Crippen LogP contribution in [0, 0.1) is 0 Å². The van der Waals surface area contributed by atoms with Crippen LogP contribution in [0.3, 0.4) is 0 Å². The van der Waals surface area contributed by atoms with Crippen LogP contribution < -0.4 is 0 Å². The SMILES string of the molecule is CCC.C[SiH2]C. The maximum atomic E-state index is 2.26. The summed E-state index contributed by atoms with van der Waals surface area (Å²) in [7, 11) is 0.417. The first-order valence-electron chi connectivity index (χ1n) is 2.83. The highest BCUT2D eigenvalue weighted by atomic mass is 28.2. The van der Waals surface area contributed by atoms with E-state index in [1.807, 2.05) is 0 Å². The third-order valence-electron chi connectivity index (χ3n) is 0. The van der Waals surface area contributed by atoms with Gasteiger partial charge in [0.25, 0.3) is 0 Å². The summed E-state index contributed by atoms with van der Waals surface area (Å²) in [5.74, 6) is 0. The highest BCUT2D eigenvalue weighted by molar-refractivity contribution is 6.31. The Morgan fingerprint density at radius 2 is 1.17 bits per heavy atom. The van der Waals surface area contributed by atoms with Gasteiger partial charge < -0.3 is 0 Å². The van der Waals surface area contributed by atoms with Gasteiger partial charge in [0.1, 0.15) is 0 Å². The largest absolute Gasteiger partial charge is 0.0750 e. The Morgan fingerprint density at radius 3 is 1.17 bits per heavy atom. The van der Waals surface area contributed by atoms with Crippen LogP contribution in [0.15, 0.2) is 0 Å². The molecule has 0 nitrogen and oxygen atoms in total. The maximum absolute atomic E-state index is 2.26. The topological polar surface area (TPSA) is 0 Å². The van der Waals surface area contributed by atoms with Crippen LogP contribution in [0.1, 0.15) is 20.3 Å². The van der Waals surface area contributed by atoms with E-state index in [0.29, 0.717) is 9.52 Å². The minimum Gasteiger partial charge on any atom is -0.0750 e. The van der Waals surface area contributed by atoms with E-state index in [2.05, 4.69) is 26.9 Å². The van der Waals surface area contributed by atoms with Crippen molar-refractivity contribution in [3.63, 3.8) is 0 Å². The zero-order valence-corrected chi connectivity index (χ0v) is 6.83. The van der Waals surface area contributed by atoms with E-state index in [1.54, 1.807) is 0 Å². The van der Waals surface area contributed by atoms with Crippen LogP contribution in [0.4, 0.5) is 0 Å². The molecule has 0 rings (SSSR count). The molecule has 0 amide bonds. The molecule has 40 valence electrons. The Kier molecular flexibility index (Phi) is 29.9. The lowest BCUT2D eigenvalue weighted by atomic mass is 10.6. The molecule has 0 N–H and O–H groups in total. The van der Waals surface area contributed by atoms with Crippen molar-refractivity contribution in [3.05, 3.63) is 0 Å². The third-order valence-corrected chi connectivity index (χ3v) is 0. The van der Waals surface area contributed by atoms with Crippen molar-refractivity contribution < 1.29 is 0 Å². The highest BCUT2D eigenvalue weighted by Crippen LogP contribution is 1.56. The van der Waals surface area contributed by atoms with Crippen molar-refractivity contribution in [1.29, 1.82) is 0 Å². The van der Waals surface area contributed by atoms with E-state index in [1.165, 1.54) is 6.42 Å². The lowest BCUT2D eigenvalue weighted by Crippen LogP contribution is -1.53. The van der Waals surface area contributed by atoms with Crippen LogP contribution in [-0.4, -0.2) is 9.52 Å². The average molecular weight is 104 g/mol. The Balaban J connectivity index is 0. The summed E-state index contributed by atoms with van der Waals surface area (Å²) in [5.41, 5.74) is 0. The minimum atomic E-state index is 0.417. The molecule has 0 atom stereocenters. The number of rotatable bonds is 0. The number of hydrogen-bond acceptors (Lipinski definition) is 0. The smallest absolute Gasteiger partial charge is 0.0135 e. The quantitative estimate of drug-likeness (QED) is 0.410. The predicted octanol–water partition coefficient (Wildman–Crippen LogP) is 1.67. The predicted molar refractivity (Wildman–Crippen MR) is 36.2 cm³/mol. The molecule has 6 heavy (non-hydrogen) atoms. The monoisotopic (exact) mass is 104 g/mol. The fourth-order valence-electron chi connectivity index (χ4n) is 0. The van der Waals surface area contributed by atoms with Crippen LogP contribution in [0.5, 0.6) is 0 Å². The molecule has 0 aromatic rings. The first-order chi connectivity index (χ1) is 2.83. The van der Waals surface area contributed by atoms with E-state index >= 15 is 0 Å². The van der Waals surface area contributed by atoms with Crippen LogP contribution in [0.2, 0.25) is 13.1 Å². The van der Waals surface area contributed by atoms with Crippen LogP contribution >= 0.6 is 0 Å². The van der Waals surface area contributed by atoms with Gasteiger partial charge in [-0.3, -0.25) is 0 Å². The molecule has 0 aliphatic rings. The van der Waals surface area contributed by atoms with Gasteiger partial charge in [0, 0.05) is 9.52 Å². The zero-order chi connectivity index (χ0) is 5.41. The molecule has 0 unspecified atom stereocenters. The first kappa shape index (κ1) is 9.52. The second-order valence-corrected chi connectivity index (χ2v) is 2.83. The lowest BCUT2D eigenvalue weighted by molar-refractivity contribution is 1.09. The molecule has 0 aliphatic heterocycles. The summed E-state index contributed by atoms with van der Waals surface area (Å²) < 4.78 is 0. The molecule has 1 heteroatoms. The number of hydrogen-bond donors (Lipinski definition) is 0. The second kappa shape index (κ2) is 18.9. The highest BCUT2D eigenvalue weighted by Gasteiger charge is 1.38. The molecule has 0 aromatic heterocycles. The van der Waals surface area contributed by atoms with Gasteiger partial charge in [-0.25, -0.2) is 0 Å². The Hall–Kier alpha value is 0.217. The van der Waals surface area contributed by atoms with Gasteiger partial charge in [-0.15, -0.1) is 0 Å². The van der Waals surface area contributed by atoms with E-state index in [9.17, 15) is 0 Å². The van der Waals surface area contributed by atoms with Crippen molar-refractivity contribution in [2.75, 3.05) is 0 Å². The second-order valence-electron chi connectivity index (χ2n) is 1.41. The van der Waals surface area contributed by atoms with E-state index in [0.717, 1.165) is 0 Å². The Labute approximate surface area is 43.8 Å². The summed E-state index contributed by atoms with van der Waals surface area (Å²) in [5, 5.41) is 0. The summed E-state index contributed by atoms with van der Waals surface area (Å²) in [6.07, 6.45) is 1.25. The molecule has 0 fully saturated rings. The van der Waals surface area contributed by atoms with Crippen molar-refractivity contribution in [1.82, 2.24) is 0 Å². The van der Waals surface area contributed by atoms with E-state index in [4.69, 9.17) is 0 Å². The van der Waals surface area contributed by atoms with Crippen molar-refractivity contribution in [2.24, 2.45) is 0 Å². The molecular formula is C5H16Si. The van der Waals surface area contributed by atoms with Crippen molar-refractivity contribution in [2.45, 2.75) is 33.4 Å². The van der Waals surface area contributed by atoms with Gasteiger partial charge in [-0.2, -0.15) is 0 Å². The van der Waals surface area contributed by atoms with Gasteiger partial charge in [-0.1, -0.05) is 33.4 Å². The van der Waals surface area contributed by atoms with Crippen LogP contribution in [-0.2, 0) is 0 Å². The summed E-state index contributed by atoms with van der Waals surface area (Å²) >= 11 is 0. The maximum Gasteiger partial charge on any atom is 0.0135 e. The summed E-state index contributed by atoms with van der Waals surface area (Å²) in [4.78, 5) is 0. The molecule has 0 radical (unpaired) electrons. The summed E-state index contributed by atoms with van der Waals surface area (Å²) in [6.45, 7) is 8.78. The van der Waals surface area contributed by atoms with Crippen LogP contribution in [0.25, 0.3) is 0 Å². The molecule has 0 heterocycles. The van der Waals surface area contributed by atoms with E-state index in [-0.39, 0.29) is 0 Å². The fraction of sp³-hybridized carbons (Fsp3) is 1.00. The zero-order valence-electron chi connectivity index (χ0n) is 5.41. The minimum absolute atomic E-state index is 0.417. The molecule has 0 saturated heterocycles.